The standard InChI is InChI=1S/C52H76F3N7O12/c1-33-32-51(44(67)68,61-47(71)74-50(8,9)10)27-29-62(33)43(66)37(24-17-18-28-56-45(69)72-48(2,3)4)58-40(63)36(25-19-26-52(53,54)55)57-41(64)38(30-34-20-13-11-14-21-34)59-42(65)39(31-35-22-15-12-16-23-35)60-46(70)73-49(5,6)7/h11-16,20-23,33,36-39H,17-19,24-32H2,1-10H3,(H,56,69)(H,57,64)(H,58,63)(H,59,65)(H,60,70)(H,61,71)(H,67,68)/t33?,36?,37-,38-,39-,51?/m1/s1. The minimum absolute atomic E-state index is 0.0340. The van der Waals surface area contributed by atoms with Crippen LogP contribution >= 0.6 is 0 Å². The maximum Gasteiger partial charge on any atom is 0.408 e. The summed E-state index contributed by atoms with van der Waals surface area (Å²) in [4.78, 5) is 110. The predicted molar refractivity (Wildman–Crippen MR) is 267 cm³/mol. The summed E-state index contributed by atoms with van der Waals surface area (Å²) in [5.41, 5.74) is -3.29. The van der Waals surface area contributed by atoms with Crippen LogP contribution in [0, 0.1) is 0 Å². The highest BCUT2D eigenvalue weighted by molar-refractivity contribution is 5.96. The molecule has 22 heteroatoms. The highest BCUT2D eigenvalue weighted by Crippen LogP contribution is 2.30. The molecule has 0 aromatic heterocycles. The average molecular weight is 1050 g/mol. The number of carbonyl (C=O) groups excluding carboxylic acids is 7. The number of aliphatic carboxylic acids is 1. The fourth-order valence-electron chi connectivity index (χ4n) is 8.03. The van der Waals surface area contributed by atoms with E-state index in [4.69, 9.17) is 14.2 Å². The Bertz CT molecular complexity index is 2220. The molecule has 3 rings (SSSR count). The second kappa shape index (κ2) is 27.1. The van der Waals surface area contributed by atoms with Crippen molar-refractivity contribution in [3.05, 3.63) is 71.8 Å². The highest BCUT2D eigenvalue weighted by Gasteiger charge is 2.48. The van der Waals surface area contributed by atoms with Gasteiger partial charge in [0.15, 0.2) is 0 Å². The lowest BCUT2D eigenvalue weighted by atomic mass is 9.83. The maximum absolute atomic E-state index is 14.6. The summed E-state index contributed by atoms with van der Waals surface area (Å²) in [7, 11) is 0. The van der Waals surface area contributed by atoms with E-state index >= 15 is 0 Å². The number of carboxylic acid groups (broad SMARTS) is 1. The van der Waals surface area contributed by atoms with Crippen molar-refractivity contribution in [2.45, 2.75) is 192 Å². The van der Waals surface area contributed by atoms with Gasteiger partial charge in [0.05, 0.1) is 0 Å². The fourth-order valence-corrected chi connectivity index (χ4v) is 8.03. The molecule has 3 unspecified atom stereocenters. The lowest BCUT2D eigenvalue weighted by Gasteiger charge is -2.44. The first-order chi connectivity index (χ1) is 34.2. The molecule has 7 N–H and O–H groups in total. The van der Waals surface area contributed by atoms with Crippen molar-refractivity contribution in [2.24, 2.45) is 0 Å². The highest BCUT2D eigenvalue weighted by atomic mass is 19.4. The number of benzene rings is 2. The molecule has 0 bridgehead atoms. The second-order valence-electron chi connectivity index (χ2n) is 21.5. The van der Waals surface area contributed by atoms with E-state index in [1.165, 1.54) is 4.90 Å². The Balaban J connectivity index is 1.98. The van der Waals surface area contributed by atoms with Gasteiger partial charge in [0.25, 0.3) is 0 Å². The number of carboxylic acids is 1. The van der Waals surface area contributed by atoms with Crippen molar-refractivity contribution in [2.75, 3.05) is 13.1 Å². The average Bonchev–Trinajstić information content (AvgIpc) is 3.25. The molecule has 1 aliphatic heterocycles. The SMILES string of the molecule is CC1CC(NC(=O)OC(C)(C)C)(C(=O)O)CCN1C(=O)[C@@H](CCCCNC(=O)OC(C)(C)C)NC(=O)C(CCCC(F)(F)F)NC(=O)[C@@H](Cc1ccccc1)NC(=O)[C@@H](Cc1ccccc1)NC(=O)OC(C)(C)C. The molecule has 7 amide bonds. The van der Waals surface area contributed by atoms with Gasteiger partial charge in [-0.25, -0.2) is 19.2 Å². The lowest BCUT2D eigenvalue weighted by molar-refractivity contribution is -0.152. The van der Waals surface area contributed by atoms with E-state index in [1.807, 2.05) is 0 Å². The Morgan fingerprint density at radius 1 is 0.622 bits per heavy atom. The van der Waals surface area contributed by atoms with Gasteiger partial charge in [0.1, 0.15) is 46.5 Å². The summed E-state index contributed by atoms with van der Waals surface area (Å²) >= 11 is 0. The molecule has 0 radical (unpaired) electrons. The van der Waals surface area contributed by atoms with E-state index in [9.17, 15) is 56.6 Å². The number of hydrogen-bond donors (Lipinski definition) is 7. The Hall–Kier alpha value is -6.61. The third kappa shape index (κ3) is 22.7. The number of hydrogen-bond acceptors (Lipinski definition) is 11. The van der Waals surface area contributed by atoms with Crippen LogP contribution in [0.25, 0.3) is 0 Å². The molecule has 0 aliphatic carbocycles. The Kier molecular flexibility index (Phi) is 22.6. The summed E-state index contributed by atoms with van der Waals surface area (Å²) in [6.07, 6.45) is -10.1. The number of rotatable bonds is 22. The number of alkyl halides is 3. The van der Waals surface area contributed by atoms with Crippen LogP contribution in [0.1, 0.15) is 132 Å². The molecule has 1 heterocycles. The summed E-state index contributed by atoms with van der Waals surface area (Å²) in [6.45, 7) is 16.3. The van der Waals surface area contributed by atoms with Crippen LogP contribution in [0.3, 0.4) is 0 Å². The number of likely N-dealkylation sites (tertiary alicyclic amines) is 1. The van der Waals surface area contributed by atoms with Crippen LogP contribution in [-0.4, -0.2) is 130 Å². The summed E-state index contributed by atoms with van der Waals surface area (Å²) in [6, 6.07) is 10.5. The van der Waals surface area contributed by atoms with Gasteiger partial charge in [-0.05, 0) is 119 Å². The van der Waals surface area contributed by atoms with Crippen molar-refractivity contribution in [3.8, 4) is 0 Å². The number of piperidine rings is 1. The van der Waals surface area contributed by atoms with E-state index in [-0.39, 0.29) is 58.0 Å². The van der Waals surface area contributed by atoms with Crippen LogP contribution in [0.5, 0.6) is 0 Å². The zero-order valence-corrected chi connectivity index (χ0v) is 44.2. The number of nitrogens with zero attached hydrogens (tertiary/aromatic N) is 1. The van der Waals surface area contributed by atoms with Crippen molar-refractivity contribution < 1.29 is 70.8 Å². The molecule has 74 heavy (non-hydrogen) atoms. The summed E-state index contributed by atoms with van der Waals surface area (Å²) < 4.78 is 56.9. The molecule has 19 nitrogen and oxygen atoms in total. The normalized spacial score (nSPS) is 17.7. The Morgan fingerprint density at radius 2 is 1.07 bits per heavy atom. The third-order valence-electron chi connectivity index (χ3n) is 11.4. The minimum Gasteiger partial charge on any atom is -0.480 e. The molecule has 1 fully saturated rings. The van der Waals surface area contributed by atoms with Crippen LogP contribution in [-0.2, 0) is 51.0 Å². The maximum atomic E-state index is 14.6. The van der Waals surface area contributed by atoms with Gasteiger partial charge >= 0.3 is 30.4 Å². The quantitative estimate of drug-likeness (QED) is 0.0486. The minimum atomic E-state index is -4.64. The molecule has 2 aromatic rings. The molecule has 412 valence electrons. The molecule has 0 spiro atoms. The zero-order valence-electron chi connectivity index (χ0n) is 44.2. The summed E-state index contributed by atoms with van der Waals surface area (Å²) in [5, 5.41) is 25.8. The van der Waals surface area contributed by atoms with Gasteiger partial charge in [-0.3, -0.25) is 19.2 Å². The van der Waals surface area contributed by atoms with Gasteiger partial charge in [0.2, 0.25) is 23.6 Å². The van der Waals surface area contributed by atoms with E-state index in [1.54, 1.807) is 130 Å². The van der Waals surface area contributed by atoms with Gasteiger partial charge in [-0.2, -0.15) is 13.2 Å². The molecular formula is C52H76F3N7O12. The van der Waals surface area contributed by atoms with Gasteiger partial charge in [-0.1, -0.05) is 60.7 Å². The lowest BCUT2D eigenvalue weighted by Crippen LogP contribution is -2.65. The van der Waals surface area contributed by atoms with Gasteiger partial charge in [0, 0.05) is 44.8 Å². The first kappa shape index (κ1) is 61.7. The monoisotopic (exact) mass is 1050 g/mol. The number of alkyl carbamates (subject to hydrolysis) is 3. The van der Waals surface area contributed by atoms with E-state index < -0.39 is 126 Å². The molecule has 6 atom stereocenters. The largest absolute Gasteiger partial charge is 0.480 e. The van der Waals surface area contributed by atoms with Gasteiger partial charge < -0.3 is 56.1 Å². The first-order valence-electron chi connectivity index (χ1n) is 24.8. The molecule has 1 aliphatic rings. The number of nitrogens with one attached hydrogen (secondary N) is 6. The van der Waals surface area contributed by atoms with Crippen molar-refractivity contribution >= 4 is 47.9 Å². The number of ether oxygens (including phenoxy) is 3. The molecular weight excluding hydrogens is 972 g/mol. The number of unbranched alkanes of at least 4 members (excludes halogenated alkanes) is 1. The smallest absolute Gasteiger partial charge is 0.408 e. The van der Waals surface area contributed by atoms with E-state index in [2.05, 4.69) is 31.9 Å². The van der Waals surface area contributed by atoms with Gasteiger partial charge in [-0.15, -0.1) is 0 Å². The van der Waals surface area contributed by atoms with Crippen LogP contribution < -0.4 is 31.9 Å². The number of carbonyl (C=O) groups is 8. The number of halogens is 3. The molecule has 0 saturated carbocycles. The van der Waals surface area contributed by atoms with Crippen LogP contribution in [0.4, 0.5) is 27.6 Å². The topological polar surface area (TPSA) is 260 Å². The summed E-state index contributed by atoms with van der Waals surface area (Å²) in [5.74, 6) is -4.85. The van der Waals surface area contributed by atoms with Crippen molar-refractivity contribution in [1.29, 1.82) is 0 Å². The number of amides is 7. The fraction of sp³-hybridized carbons (Fsp3) is 0.615. The van der Waals surface area contributed by atoms with Crippen LogP contribution in [0.15, 0.2) is 60.7 Å². The third-order valence-corrected chi connectivity index (χ3v) is 11.4. The van der Waals surface area contributed by atoms with Crippen molar-refractivity contribution in [1.82, 2.24) is 36.8 Å². The molecule has 1 saturated heterocycles. The first-order valence-corrected chi connectivity index (χ1v) is 24.8. The zero-order chi connectivity index (χ0) is 55.7. The van der Waals surface area contributed by atoms with Crippen LogP contribution in [0.2, 0.25) is 0 Å². The Morgan fingerprint density at radius 3 is 1.55 bits per heavy atom. The second-order valence-corrected chi connectivity index (χ2v) is 21.5. The van der Waals surface area contributed by atoms with Crippen molar-refractivity contribution in [3.63, 3.8) is 0 Å². The Labute approximate surface area is 431 Å². The molecule has 2 aromatic carbocycles. The predicted octanol–water partition coefficient (Wildman–Crippen LogP) is 6.61. The van der Waals surface area contributed by atoms with E-state index in [0.717, 1.165) is 0 Å². The van der Waals surface area contributed by atoms with E-state index in [0.29, 0.717) is 11.1 Å².